The molecule has 13 rings (SSSR count). The number of para-hydroxylation sites is 5. The predicted octanol–water partition coefficient (Wildman–Crippen LogP) is 14.4. The summed E-state index contributed by atoms with van der Waals surface area (Å²) in [4.78, 5) is 0. The summed E-state index contributed by atoms with van der Waals surface area (Å²) in [6, 6.07) is 73.7. The van der Waals surface area contributed by atoms with E-state index in [4.69, 9.17) is 0 Å². The van der Waals surface area contributed by atoms with Crippen LogP contribution < -0.4 is 0 Å². The lowest BCUT2D eigenvalue weighted by Gasteiger charge is -2.12. The zero-order chi connectivity index (χ0) is 37.2. The fourth-order valence-corrected chi connectivity index (χ4v) is 9.89. The summed E-state index contributed by atoms with van der Waals surface area (Å²) in [5, 5.41) is 10.3. The van der Waals surface area contributed by atoms with Crippen LogP contribution in [0.15, 0.2) is 200 Å². The molecule has 0 aliphatic heterocycles. The highest BCUT2D eigenvalue weighted by Gasteiger charge is 2.19. The van der Waals surface area contributed by atoms with Gasteiger partial charge in [0.25, 0.3) is 0 Å². The molecule has 3 nitrogen and oxygen atoms in total. The minimum atomic E-state index is 1.15. The molecular formula is C54H33N3. The molecule has 4 heterocycles. The Bertz CT molecular complexity index is 3710. The highest BCUT2D eigenvalue weighted by molar-refractivity contribution is 6.23. The van der Waals surface area contributed by atoms with Gasteiger partial charge in [-0.3, -0.25) is 0 Å². The van der Waals surface area contributed by atoms with Crippen molar-refractivity contribution < 1.29 is 0 Å². The second-order valence-electron chi connectivity index (χ2n) is 15.3. The van der Waals surface area contributed by atoms with Gasteiger partial charge in [0.2, 0.25) is 0 Å². The molecule has 0 radical (unpaired) electrons. The molecular weight excluding hydrogens is 691 g/mol. The van der Waals surface area contributed by atoms with Crippen molar-refractivity contribution >= 4 is 81.7 Å². The highest BCUT2D eigenvalue weighted by Crippen LogP contribution is 2.41. The third-order valence-corrected chi connectivity index (χ3v) is 12.4. The summed E-state index contributed by atoms with van der Waals surface area (Å²) < 4.78 is 7.29. The maximum Gasteiger partial charge on any atom is 0.0620 e. The van der Waals surface area contributed by atoms with Gasteiger partial charge < -0.3 is 13.5 Å². The number of nitrogens with zero attached hydrogens (tertiary/aromatic N) is 3. The molecule has 0 atom stereocenters. The summed E-state index contributed by atoms with van der Waals surface area (Å²) >= 11 is 0. The molecule has 0 N–H and O–H groups in total. The molecule has 0 unspecified atom stereocenters. The third kappa shape index (κ3) is 4.26. The monoisotopic (exact) mass is 723 g/mol. The maximum absolute atomic E-state index is 2.46. The second-order valence-corrected chi connectivity index (χ2v) is 15.3. The lowest BCUT2D eigenvalue weighted by molar-refractivity contribution is 1.18. The van der Waals surface area contributed by atoms with Gasteiger partial charge in [0, 0.05) is 54.5 Å². The SMILES string of the molecule is c1cc(-c2ccc3c(c2)c2ccccc2n3-c2cccc(-c3ccc4c5cccc6c7ccccc7n(c4c3)c65)c2)cc(-n2c3ccccc3c3ccccc32)c1. The Morgan fingerprint density at radius 3 is 1.23 bits per heavy atom. The van der Waals surface area contributed by atoms with E-state index in [1.165, 1.54) is 104 Å². The van der Waals surface area contributed by atoms with Gasteiger partial charge in [-0.2, -0.15) is 0 Å². The first-order valence-electron chi connectivity index (χ1n) is 19.7. The Morgan fingerprint density at radius 1 is 0.228 bits per heavy atom. The Labute approximate surface area is 327 Å². The van der Waals surface area contributed by atoms with E-state index in [0.717, 1.165) is 11.4 Å². The summed E-state index contributed by atoms with van der Waals surface area (Å²) in [6.45, 7) is 0. The first-order valence-corrected chi connectivity index (χ1v) is 19.7. The van der Waals surface area contributed by atoms with Crippen molar-refractivity contribution in [3.05, 3.63) is 200 Å². The van der Waals surface area contributed by atoms with Crippen molar-refractivity contribution in [1.82, 2.24) is 13.5 Å². The molecule has 4 aromatic heterocycles. The van der Waals surface area contributed by atoms with Crippen molar-refractivity contribution in [2.24, 2.45) is 0 Å². The highest BCUT2D eigenvalue weighted by atomic mass is 15.0. The summed E-state index contributed by atoms with van der Waals surface area (Å²) in [5.41, 5.74) is 15.8. The number of benzene rings is 9. The number of aromatic nitrogens is 3. The van der Waals surface area contributed by atoms with Gasteiger partial charge in [0.15, 0.2) is 0 Å². The smallest absolute Gasteiger partial charge is 0.0620 e. The molecule has 57 heavy (non-hydrogen) atoms. The molecule has 0 saturated heterocycles. The molecule has 0 spiro atoms. The zero-order valence-corrected chi connectivity index (χ0v) is 30.9. The molecule has 3 heteroatoms. The standard InChI is InChI=1S/C54H33N3/c1-5-22-48-40(16-1)41-17-2-6-23-49(41)55(48)38-14-9-12-34(30-38)36-27-29-52-47(32-36)43-19-4-7-24-50(43)56(52)39-15-10-13-35(31-39)37-26-28-44-46-21-11-20-45-42-18-3-8-25-51(42)57(54(45)46)53(44)33-37/h1-33H. The van der Waals surface area contributed by atoms with E-state index in [1.807, 2.05) is 0 Å². The van der Waals surface area contributed by atoms with E-state index in [-0.39, 0.29) is 0 Å². The lowest BCUT2D eigenvalue weighted by Crippen LogP contribution is -1.95. The van der Waals surface area contributed by atoms with Crippen molar-refractivity contribution in [3.8, 4) is 33.6 Å². The van der Waals surface area contributed by atoms with Gasteiger partial charge in [-0.15, -0.1) is 0 Å². The van der Waals surface area contributed by atoms with Crippen LogP contribution in [0.4, 0.5) is 0 Å². The summed E-state index contributed by atoms with van der Waals surface area (Å²) in [7, 11) is 0. The average molecular weight is 724 g/mol. The van der Waals surface area contributed by atoms with Crippen LogP contribution in [0.25, 0.3) is 115 Å². The number of hydrogen-bond donors (Lipinski definition) is 0. The summed E-state index contributed by atoms with van der Waals surface area (Å²) in [5.74, 6) is 0. The van der Waals surface area contributed by atoms with Gasteiger partial charge in [-0.05, 0) is 89.0 Å². The van der Waals surface area contributed by atoms with E-state index in [9.17, 15) is 0 Å². The molecule has 0 aliphatic carbocycles. The van der Waals surface area contributed by atoms with E-state index < -0.39 is 0 Å². The molecule has 264 valence electrons. The van der Waals surface area contributed by atoms with Crippen LogP contribution >= 0.6 is 0 Å². The molecule has 0 amide bonds. The Balaban J connectivity index is 0.950. The third-order valence-electron chi connectivity index (χ3n) is 12.4. The minimum Gasteiger partial charge on any atom is -0.309 e. The number of rotatable bonds is 4. The van der Waals surface area contributed by atoms with Crippen molar-refractivity contribution in [3.63, 3.8) is 0 Å². The van der Waals surface area contributed by atoms with E-state index in [2.05, 4.69) is 214 Å². The fraction of sp³-hybridized carbons (Fsp3) is 0. The van der Waals surface area contributed by atoms with Crippen LogP contribution in [-0.4, -0.2) is 13.5 Å². The number of hydrogen-bond acceptors (Lipinski definition) is 0. The van der Waals surface area contributed by atoms with Gasteiger partial charge >= 0.3 is 0 Å². The molecule has 0 fully saturated rings. The summed E-state index contributed by atoms with van der Waals surface area (Å²) in [6.07, 6.45) is 0. The largest absolute Gasteiger partial charge is 0.309 e. The molecule has 0 saturated carbocycles. The van der Waals surface area contributed by atoms with Crippen LogP contribution in [0, 0.1) is 0 Å². The van der Waals surface area contributed by atoms with Crippen LogP contribution in [0.1, 0.15) is 0 Å². The Hall–Kier alpha value is -7.62. The number of fused-ring (bicyclic) bond motifs is 12. The Morgan fingerprint density at radius 2 is 0.632 bits per heavy atom. The second kappa shape index (κ2) is 11.5. The Kier molecular flexibility index (Phi) is 6.16. The molecule has 0 aliphatic rings. The molecule has 13 aromatic rings. The van der Waals surface area contributed by atoms with Gasteiger partial charge in [-0.1, -0.05) is 133 Å². The first kappa shape index (κ1) is 30.7. The fourth-order valence-electron chi connectivity index (χ4n) is 9.89. The molecule has 0 bridgehead atoms. The minimum absolute atomic E-state index is 1.15. The molecule has 9 aromatic carbocycles. The quantitative estimate of drug-likeness (QED) is 0.172. The van der Waals surface area contributed by atoms with Crippen molar-refractivity contribution in [2.45, 2.75) is 0 Å². The van der Waals surface area contributed by atoms with E-state index >= 15 is 0 Å². The van der Waals surface area contributed by atoms with Gasteiger partial charge in [0.05, 0.1) is 38.6 Å². The zero-order valence-electron chi connectivity index (χ0n) is 30.9. The van der Waals surface area contributed by atoms with E-state index in [0.29, 0.717) is 0 Å². The van der Waals surface area contributed by atoms with Crippen LogP contribution in [-0.2, 0) is 0 Å². The normalized spacial score (nSPS) is 12.2. The van der Waals surface area contributed by atoms with Crippen LogP contribution in [0.3, 0.4) is 0 Å². The van der Waals surface area contributed by atoms with Crippen molar-refractivity contribution in [2.75, 3.05) is 0 Å². The lowest BCUT2D eigenvalue weighted by atomic mass is 10.0. The van der Waals surface area contributed by atoms with E-state index in [1.54, 1.807) is 0 Å². The first-order chi connectivity index (χ1) is 28.3. The maximum atomic E-state index is 2.46. The van der Waals surface area contributed by atoms with Crippen molar-refractivity contribution in [1.29, 1.82) is 0 Å². The van der Waals surface area contributed by atoms with Gasteiger partial charge in [-0.25, -0.2) is 0 Å². The average Bonchev–Trinajstić information content (AvgIpc) is 4.01. The predicted molar refractivity (Wildman–Crippen MR) is 241 cm³/mol. The van der Waals surface area contributed by atoms with Crippen LogP contribution in [0.2, 0.25) is 0 Å². The van der Waals surface area contributed by atoms with Gasteiger partial charge in [0.1, 0.15) is 0 Å². The van der Waals surface area contributed by atoms with Crippen LogP contribution in [0.5, 0.6) is 0 Å². The topological polar surface area (TPSA) is 14.3 Å².